The van der Waals surface area contributed by atoms with Crippen molar-refractivity contribution in [3.05, 3.63) is 28.8 Å². The van der Waals surface area contributed by atoms with Crippen molar-refractivity contribution >= 4 is 17.5 Å². The van der Waals surface area contributed by atoms with Crippen LogP contribution in [0.15, 0.2) is 18.2 Å². The van der Waals surface area contributed by atoms with Crippen LogP contribution in [0.4, 0.5) is 0 Å². The molecule has 0 heterocycles. The zero-order chi connectivity index (χ0) is 12.1. The van der Waals surface area contributed by atoms with Crippen molar-refractivity contribution in [1.29, 1.82) is 0 Å². The number of nitrogens with zero attached hydrogens (tertiary/aromatic N) is 1. The molecule has 3 N–H and O–H groups in total. The van der Waals surface area contributed by atoms with E-state index in [1.165, 1.54) is 0 Å². The van der Waals surface area contributed by atoms with E-state index in [0.717, 1.165) is 0 Å². The van der Waals surface area contributed by atoms with Gasteiger partial charge in [-0.15, -0.1) is 0 Å². The molecule has 0 aromatic heterocycles. The second-order valence-corrected chi connectivity index (χ2v) is 3.92. The van der Waals surface area contributed by atoms with E-state index in [-0.39, 0.29) is 18.2 Å². The van der Waals surface area contributed by atoms with E-state index in [0.29, 0.717) is 23.7 Å². The lowest BCUT2D eigenvalue weighted by Gasteiger charge is -2.19. The van der Waals surface area contributed by atoms with Crippen LogP contribution in [0, 0.1) is 0 Å². The van der Waals surface area contributed by atoms with Crippen LogP contribution in [0.3, 0.4) is 0 Å². The molecule has 0 fully saturated rings. The van der Waals surface area contributed by atoms with E-state index in [1.807, 2.05) is 11.8 Å². The number of carbonyl (C=O) groups excluding carboxylic acids is 1. The number of benzene rings is 1. The van der Waals surface area contributed by atoms with Gasteiger partial charge in [0.2, 0.25) is 5.91 Å². The fraction of sp³-hybridized carbons (Fsp3) is 0.364. The highest BCUT2D eigenvalue weighted by Gasteiger charge is 2.11. The first kappa shape index (κ1) is 12.8. The van der Waals surface area contributed by atoms with Crippen molar-refractivity contribution in [3.63, 3.8) is 0 Å². The van der Waals surface area contributed by atoms with E-state index >= 15 is 0 Å². The lowest BCUT2D eigenvalue weighted by Crippen LogP contribution is -2.33. The molecule has 0 bridgehead atoms. The third kappa shape index (κ3) is 3.40. The van der Waals surface area contributed by atoms with Gasteiger partial charge in [-0.3, -0.25) is 9.69 Å². The van der Waals surface area contributed by atoms with Crippen molar-refractivity contribution in [2.75, 3.05) is 13.1 Å². The van der Waals surface area contributed by atoms with Crippen LogP contribution >= 0.6 is 11.6 Å². The highest BCUT2D eigenvalue weighted by Crippen LogP contribution is 2.27. The summed E-state index contributed by atoms with van der Waals surface area (Å²) >= 11 is 5.79. The molecule has 0 aliphatic heterocycles. The molecule has 0 atom stereocenters. The van der Waals surface area contributed by atoms with Gasteiger partial charge < -0.3 is 10.8 Å². The lowest BCUT2D eigenvalue weighted by molar-refractivity contribution is -0.119. The predicted octanol–water partition coefficient (Wildman–Crippen LogP) is 1.35. The van der Waals surface area contributed by atoms with Crippen molar-refractivity contribution in [2.45, 2.75) is 13.5 Å². The highest BCUT2D eigenvalue weighted by molar-refractivity contribution is 6.32. The molecular weight excluding hydrogens is 228 g/mol. The maximum Gasteiger partial charge on any atom is 0.231 e. The Morgan fingerprint density at radius 2 is 2.25 bits per heavy atom. The number of hydrogen-bond donors (Lipinski definition) is 2. The fourth-order valence-electron chi connectivity index (χ4n) is 1.43. The molecular formula is C11H15ClN2O2. The normalized spacial score (nSPS) is 10.7. The number of likely N-dealkylation sites (N-methyl/N-ethyl adjacent to an activating group) is 1. The first-order chi connectivity index (χ1) is 7.54. The molecule has 1 amide bonds. The molecule has 4 nitrogen and oxygen atoms in total. The van der Waals surface area contributed by atoms with Gasteiger partial charge in [-0.05, 0) is 12.6 Å². The lowest BCUT2D eigenvalue weighted by atomic mass is 10.2. The second-order valence-electron chi connectivity index (χ2n) is 3.52. The summed E-state index contributed by atoms with van der Waals surface area (Å²) in [7, 11) is 0. The Balaban J connectivity index is 2.77. The molecule has 0 radical (unpaired) electrons. The van der Waals surface area contributed by atoms with Gasteiger partial charge in [0, 0.05) is 12.1 Å². The quantitative estimate of drug-likeness (QED) is 0.819. The molecule has 0 aliphatic carbocycles. The Bertz CT molecular complexity index is 382. The number of primary amides is 1. The van der Waals surface area contributed by atoms with Crippen molar-refractivity contribution in [3.8, 4) is 5.75 Å². The van der Waals surface area contributed by atoms with Crippen LogP contribution in [-0.4, -0.2) is 29.0 Å². The first-order valence-corrected chi connectivity index (χ1v) is 5.39. The molecule has 1 aromatic carbocycles. The summed E-state index contributed by atoms with van der Waals surface area (Å²) in [6.45, 7) is 3.22. The maximum atomic E-state index is 10.8. The topological polar surface area (TPSA) is 66.6 Å². The number of para-hydroxylation sites is 1. The van der Waals surface area contributed by atoms with E-state index in [9.17, 15) is 9.90 Å². The third-order valence-corrected chi connectivity index (χ3v) is 2.60. The van der Waals surface area contributed by atoms with Gasteiger partial charge in [-0.2, -0.15) is 0 Å². The van der Waals surface area contributed by atoms with Crippen LogP contribution in [0.25, 0.3) is 0 Å². The Morgan fingerprint density at radius 1 is 1.56 bits per heavy atom. The smallest absolute Gasteiger partial charge is 0.231 e. The van der Waals surface area contributed by atoms with Gasteiger partial charge in [-0.1, -0.05) is 30.7 Å². The summed E-state index contributed by atoms with van der Waals surface area (Å²) in [4.78, 5) is 12.6. The largest absolute Gasteiger partial charge is 0.506 e. The van der Waals surface area contributed by atoms with Crippen molar-refractivity contribution < 1.29 is 9.90 Å². The number of aromatic hydroxyl groups is 1. The number of rotatable bonds is 5. The number of phenols is 1. The summed E-state index contributed by atoms with van der Waals surface area (Å²) in [5.41, 5.74) is 5.81. The van der Waals surface area contributed by atoms with Crippen LogP contribution in [0.5, 0.6) is 5.75 Å². The number of phenolic OH excluding ortho intramolecular Hbond substituents is 1. The molecule has 88 valence electrons. The molecule has 0 aliphatic rings. The molecule has 0 spiro atoms. The molecule has 1 aromatic rings. The Morgan fingerprint density at radius 3 is 2.81 bits per heavy atom. The van der Waals surface area contributed by atoms with Gasteiger partial charge >= 0.3 is 0 Å². The summed E-state index contributed by atoms with van der Waals surface area (Å²) in [5.74, 6) is -0.324. The van der Waals surface area contributed by atoms with Crippen LogP contribution in [0.2, 0.25) is 5.02 Å². The molecule has 0 saturated carbocycles. The number of amides is 1. The van der Waals surface area contributed by atoms with E-state index < -0.39 is 0 Å². The average molecular weight is 243 g/mol. The minimum Gasteiger partial charge on any atom is -0.506 e. The van der Waals surface area contributed by atoms with E-state index in [4.69, 9.17) is 17.3 Å². The highest BCUT2D eigenvalue weighted by atomic mass is 35.5. The van der Waals surface area contributed by atoms with Crippen molar-refractivity contribution in [1.82, 2.24) is 4.90 Å². The summed E-state index contributed by atoms with van der Waals surface area (Å²) in [6.07, 6.45) is 0. The number of halogens is 1. The molecule has 0 unspecified atom stereocenters. The second kappa shape index (κ2) is 5.72. The van der Waals surface area contributed by atoms with Gasteiger partial charge in [0.25, 0.3) is 0 Å². The number of carbonyl (C=O) groups is 1. The molecule has 0 saturated heterocycles. The Kier molecular flexibility index (Phi) is 4.58. The zero-order valence-corrected chi connectivity index (χ0v) is 9.87. The van der Waals surface area contributed by atoms with E-state index in [2.05, 4.69) is 0 Å². The zero-order valence-electron chi connectivity index (χ0n) is 9.11. The van der Waals surface area contributed by atoms with Gasteiger partial charge in [0.15, 0.2) is 0 Å². The third-order valence-electron chi connectivity index (χ3n) is 2.29. The minimum atomic E-state index is -0.386. The van der Waals surface area contributed by atoms with E-state index in [1.54, 1.807) is 18.2 Å². The summed E-state index contributed by atoms with van der Waals surface area (Å²) in [6, 6.07) is 5.14. The molecule has 16 heavy (non-hydrogen) atoms. The Labute approximate surface area is 99.6 Å². The average Bonchev–Trinajstić information content (AvgIpc) is 2.23. The monoisotopic (exact) mass is 242 g/mol. The van der Waals surface area contributed by atoms with Gasteiger partial charge in [-0.25, -0.2) is 0 Å². The SMILES string of the molecule is CCN(CC(N)=O)Cc1cccc(Cl)c1O. The van der Waals surface area contributed by atoms with Crippen LogP contribution < -0.4 is 5.73 Å². The minimum absolute atomic E-state index is 0.0621. The summed E-state index contributed by atoms with van der Waals surface area (Å²) < 4.78 is 0. The molecule has 5 heteroatoms. The predicted molar refractivity (Wildman–Crippen MR) is 63.3 cm³/mol. The first-order valence-electron chi connectivity index (χ1n) is 5.01. The van der Waals surface area contributed by atoms with Crippen molar-refractivity contribution in [2.24, 2.45) is 5.73 Å². The molecule has 1 rings (SSSR count). The van der Waals surface area contributed by atoms with Crippen LogP contribution in [0.1, 0.15) is 12.5 Å². The summed E-state index contributed by atoms with van der Waals surface area (Å²) in [5, 5.41) is 10.0. The standard InChI is InChI=1S/C11H15ClN2O2/c1-2-14(7-10(13)15)6-8-4-3-5-9(12)11(8)16/h3-5,16H,2,6-7H2,1H3,(H2,13,15). The number of hydrogen-bond acceptors (Lipinski definition) is 3. The van der Waals surface area contributed by atoms with Gasteiger partial charge in [0.1, 0.15) is 5.75 Å². The van der Waals surface area contributed by atoms with Crippen LogP contribution in [-0.2, 0) is 11.3 Å². The Hall–Kier alpha value is -1.26. The van der Waals surface area contributed by atoms with Gasteiger partial charge in [0.05, 0.1) is 11.6 Å². The fourth-order valence-corrected chi connectivity index (χ4v) is 1.62. The maximum absolute atomic E-state index is 10.8. The number of nitrogens with two attached hydrogens (primary N) is 1.